The van der Waals surface area contributed by atoms with Gasteiger partial charge in [0.25, 0.3) is 5.91 Å². The zero-order chi connectivity index (χ0) is 26.7. The van der Waals surface area contributed by atoms with Crippen LogP contribution in [0.3, 0.4) is 0 Å². The van der Waals surface area contributed by atoms with Crippen molar-refractivity contribution in [3.8, 4) is 17.3 Å². The molecule has 0 radical (unpaired) electrons. The second-order valence-corrected chi connectivity index (χ2v) is 11.0. The van der Waals surface area contributed by atoms with Gasteiger partial charge in [0.05, 0.1) is 23.7 Å². The van der Waals surface area contributed by atoms with Gasteiger partial charge in [-0.05, 0) is 68.0 Å². The van der Waals surface area contributed by atoms with Crippen LogP contribution in [-0.4, -0.2) is 45.0 Å². The molecule has 2 atom stereocenters. The van der Waals surface area contributed by atoms with Gasteiger partial charge < -0.3 is 9.80 Å². The lowest BCUT2D eigenvalue weighted by molar-refractivity contribution is 0.0671. The summed E-state index contributed by atoms with van der Waals surface area (Å²) < 4.78 is 17.1. The van der Waals surface area contributed by atoms with Gasteiger partial charge >= 0.3 is 0 Å². The van der Waals surface area contributed by atoms with E-state index in [0.29, 0.717) is 41.6 Å². The topological polar surface area (TPSA) is 77.5 Å². The summed E-state index contributed by atoms with van der Waals surface area (Å²) in [4.78, 5) is 22.4. The first-order valence-electron chi connectivity index (χ1n) is 13.7. The molecule has 1 aliphatic carbocycles. The van der Waals surface area contributed by atoms with Crippen molar-refractivity contribution in [2.45, 2.75) is 44.6 Å². The molecule has 0 bridgehead atoms. The van der Waals surface area contributed by atoms with E-state index in [1.165, 1.54) is 17.2 Å². The normalized spacial score (nSPS) is 20.7. The van der Waals surface area contributed by atoms with Crippen molar-refractivity contribution in [1.29, 1.82) is 5.26 Å². The second kappa shape index (κ2) is 9.19. The number of hydrogen-bond acceptors (Lipinski definition) is 5. The fourth-order valence-corrected chi connectivity index (χ4v) is 6.11. The minimum atomic E-state index is -0.360. The number of anilines is 1. The third kappa shape index (κ3) is 4.13. The van der Waals surface area contributed by atoms with Crippen LogP contribution in [0.1, 0.15) is 65.5 Å². The van der Waals surface area contributed by atoms with E-state index in [-0.39, 0.29) is 23.7 Å². The van der Waals surface area contributed by atoms with Crippen LogP contribution in [-0.2, 0) is 6.42 Å². The van der Waals surface area contributed by atoms with E-state index in [0.717, 1.165) is 43.6 Å². The largest absolute Gasteiger partial charge is 0.370 e. The summed E-state index contributed by atoms with van der Waals surface area (Å²) in [6.07, 6.45) is 3.70. The van der Waals surface area contributed by atoms with Crippen LogP contribution >= 0.6 is 0 Å². The number of rotatable bonds is 4. The molecule has 0 N–H and O–H groups in total. The van der Waals surface area contributed by atoms with Gasteiger partial charge in [0, 0.05) is 48.6 Å². The summed E-state index contributed by atoms with van der Waals surface area (Å²) in [5.74, 6) is -0.134. The first-order chi connectivity index (χ1) is 19.0. The number of carbonyl (C=O) groups is 1. The molecule has 39 heavy (non-hydrogen) atoms. The molecule has 0 spiro atoms. The summed E-state index contributed by atoms with van der Waals surface area (Å²) >= 11 is 0. The lowest BCUT2D eigenvalue weighted by Crippen LogP contribution is -2.39. The van der Waals surface area contributed by atoms with Gasteiger partial charge in [0.1, 0.15) is 11.5 Å². The second-order valence-electron chi connectivity index (χ2n) is 11.0. The van der Waals surface area contributed by atoms with E-state index in [1.807, 2.05) is 29.2 Å². The molecule has 1 unspecified atom stereocenters. The third-order valence-corrected chi connectivity index (χ3v) is 8.49. The number of amides is 1. The highest BCUT2D eigenvalue weighted by Gasteiger charge is 2.32. The van der Waals surface area contributed by atoms with Crippen LogP contribution in [0.25, 0.3) is 16.9 Å². The highest BCUT2D eigenvalue weighted by atomic mass is 19.1. The first kappa shape index (κ1) is 23.8. The van der Waals surface area contributed by atoms with E-state index < -0.39 is 0 Å². The number of halogens is 1. The van der Waals surface area contributed by atoms with E-state index in [4.69, 9.17) is 10.1 Å². The number of carbonyl (C=O) groups excluding carboxylic acids is 1. The molecule has 4 aromatic rings. The minimum absolute atomic E-state index is 0.0160. The Morgan fingerprint density at radius 1 is 1.08 bits per heavy atom. The van der Waals surface area contributed by atoms with Gasteiger partial charge in [-0.1, -0.05) is 24.3 Å². The number of fused-ring (bicyclic) bond motifs is 2. The molecule has 2 aromatic carbocycles. The van der Waals surface area contributed by atoms with Crippen LogP contribution in [0, 0.1) is 23.1 Å². The Balaban J connectivity index is 1.22. The highest BCUT2D eigenvalue weighted by Crippen LogP contribution is 2.41. The molecule has 2 aliphatic heterocycles. The average Bonchev–Trinajstić information content (AvgIpc) is 3.52. The lowest BCUT2D eigenvalue weighted by Gasteiger charge is -2.35. The maximum absolute atomic E-state index is 15.4. The predicted octanol–water partition coefficient (Wildman–Crippen LogP) is 5.52. The van der Waals surface area contributed by atoms with E-state index in [9.17, 15) is 10.1 Å². The van der Waals surface area contributed by atoms with Gasteiger partial charge in [0.15, 0.2) is 5.65 Å². The van der Waals surface area contributed by atoms with E-state index in [2.05, 4.69) is 30.0 Å². The average molecular weight is 521 g/mol. The molecule has 1 saturated heterocycles. The molecule has 196 valence electrons. The SMILES string of the molecule is C[C@@H]1c2ccccc2CCN1C(=O)c1cc(C2CC2)n2nc(-c3ccc(N4CCC(C#N)C4)cc3F)cc2n1. The smallest absolute Gasteiger partial charge is 0.273 e. The molecular weight excluding hydrogens is 491 g/mol. The number of nitrogens with zero attached hydrogens (tertiary/aromatic N) is 6. The van der Waals surface area contributed by atoms with Crippen molar-refractivity contribution in [3.05, 3.63) is 82.9 Å². The van der Waals surface area contributed by atoms with E-state index in [1.54, 1.807) is 16.6 Å². The Hall–Kier alpha value is -4.25. The molecule has 4 heterocycles. The van der Waals surface area contributed by atoms with Gasteiger partial charge in [-0.3, -0.25) is 4.79 Å². The Bertz CT molecular complexity index is 1650. The molecule has 1 saturated carbocycles. The van der Waals surface area contributed by atoms with Crippen LogP contribution in [0.5, 0.6) is 0 Å². The zero-order valence-corrected chi connectivity index (χ0v) is 21.8. The Labute approximate surface area is 226 Å². The van der Waals surface area contributed by atoms with Crippen molar-refractivity contribution in [3.63, 3.8) is 0 Å². The fourth-order valence-electron chi connectivity index (χ4n) is 6.11. The fraction of sp³-hybridized carbons (Fsp3) is 0.355. The molecule has 7 rings (SSSR count). The third-order valence-electron chi connectivity index (χ3n) is 8.49. The van der Waals surface area contributed by atoms with Crippen LogP contribution in [0.15, 0.2) is 54.6 Å². The quantitative estimate of drug-likeness (QED) is 0.354. The molecule has 7 nitrogen and oxygen atoms in total. The minimum Gasteiger partial charge on any atom is -0.370 e. The van der Waals surface area contributed by atoms with Crippen LogP contribution in [0.2, 0.25) is 0 Å². The van der Waals surface area contributed by atoms with Crippen molar-refractivity contribution < 1.29 is 9.18 Å². The van der Waals surface area contributed by atoms with E-state index >= 15 is 4.39 Å². The number of nitriles is 1. The summed E-state index contributed by atoms with van der Waals surface area (Å²) in [5.41, 5.74) is 6.07. The molecule has 2 aromatic heterocycles. The molecule has 2 fully saturated rings. The molecular formula is C31H29FN6O. The summed E-state index contributed by atoms with van der Waals surface area (Å²) in [6, 6.07) is 19.4. The summed E-state index contributed by atoms with van der Waals surface area (Å²) in [7, 11) is 0. The van der Waals surface area contributed by atoms with Gasteiger partial charge in [-0.25, -0.2) is 13.9 Å². The molecule has 1 amide bonds. The maximum Gasteiger partial charge on any atom is 0.273 e. The van der Waals surface area contributed by atoms with Gasteiger partial charge in [-0.15, -0.1) is 0 Å². The first-order valence-corrected chi connectivity index (χ1v) is 13.7. The van der Waals surface area contributed by atoms with Crippen molar-refractivity contribution in [2.75, 3.05) is 24.5 Å². The van der Waals surface area contributed by atoms with Crippen molar-refractivity contribution in [2.24, 2.45) is 5.92 Å². The number of benzene rings is 2. The molecule has 8 heteroatoms. The standard InChI is InChI=1S/C31H29FN6O/c1-19-24-5-3-2-4-21(24)11-13-37(19)31(39)28-15-29(22-6-7-22)38-30(34-28)16-27(35-38)25-9-8-23(14-26(25)32)36-12-10-20(17-33)18-36/h2-5,8-9,14-16,19-20,22H,6-7,10-13,18H2,1H3/t19-,20?/m1/s1. The van der Waals surface area contributed by atoms with Crippen molar-refractivity contribution >= 4 is 17.2 Å². The van der Waals surface area contributed by atoms with Crippen LogP contribution in [0.4, 0.5) is 10.1 Å². The highest BCUT2D eigenvalue weighted by molar-refractivity contribution is 5.93. The Morgan fingerprint density at radius 2 is 1.92 bits per heavy atom. The monoisotopic (exact) mass is 520 g/mol. The maximum atomic E-state index is 15.4. The Kier molecular flexibility index (Phi) is 5.62. The Morgan fingerprint density at radius 3 is 2.69 bits per heavy atom. The van der Waals surface area contributed by atoms with Crippen LogP contribution < -0.4 is 4.90 Å². The van der Waals surface area contributed by atoms with Gasteiger partial charge in [0.2, 0.25) is 0 Å². The summed E-state index contributed by atoms with van der Waals surface area (Å²) in [6.45, 7) is 4.09. The molecule has 3 aliphatic rings. The number of hydrogen-bond donors (Lipinski definition) is 0. The lowest BCUT2D eigenvalue weighted by atomic mass is 9.93. The predicted molar refractivity (Wildman–Crippen MR) is 146 cm³/mol. The number of aromatic nitrogens is 3. The zero-order valence-electron chi connectivity index (χ0n) is 21.8. The summed E-state index contributed by atoms with van der Waals surface area (Å²) in [5, 5.41) is 13.9. The van der Waals surface area contributed by atoms with Crippen molar-refractivity contribution in [1.82, 2.24) is 19.5 Å². The van der Waals surface area contributed by atoms with Gasteiger partial charge in [-0.2, -0.15) is 10.4 Å².